The number of rotatable bonds is 3. The van der Waals surface area contributed by atoms with Gasteiger partial charge >= 0.3 is 0 Å². The van der Waals surface area contributed by atoms with Crippen LogP contribution in [0.4, 0.5) is 0 Å². The number of hydrogen-bond donors (Lipinski definition) is 1. The molecule has 0 amide bonds. The minimum Gasteiger partial charge on any atom is -0.391 e. The lowest BCUT2D eigenvalue weighted by molar-refractivity contribution is -0.140. The van der Waals surface area contributed by atoms with Gasteiger partial charge in [0.15, 0.2) is 0 Å². The quantitative estimate of drug-likeness (QED) is 0.863. The van der Waals surface area contributed by atoms with Crippen LogP contribution in [0.3, 0.4) is 0 Å². The molecule has 2 aliphatic carbocycles. The molecule has 0 aromatic rings. The average Bonchev–Trinajstić information content (AvgIpc) is 2.76. The van der Waals surface area contributed by atoms with Gasteiger partial charge in [-0.15, -0.1) is 0 Å². The SMILES string of the molecule is CC1CCN(C[C@@H](O)[C@]23CC[C@H](CC2=O)C3(C)C)CC1. The van der Waals surface area contributed by atoms with Gasteiger partial charge in [0.1, 0.15) is 5.78 Å². The summed E-state index contributed by atoms with van der Waals surface area (Å²) in [6.07, 6.45) is 4.67. The Bertz CT molecular complexity index is 398. The van der Waals surface area contributed by atoms with E-state index in [9.17, 15) is 9.90 Å². The zero-order valence-corrected chi connectivity index (χ0v) is 13.2. The molecule has 0 aromatic heterocycles. The Morgan fingerprint density at radius 3 is 2.45 bits per heavy atom. The Kier molecular flexibility index (Phi) is 3.49. The van der Waals surface area contributed by atoms with E-state index in [1.165, 1.54) is 12.8 Å². The number of fused-ring (bicyclic) bond motifs is 2. The van der Waals surface area contributed by atoms with Crippen molar-refractivity contribution in [2.75, 3.05) is 19.6 Å². The third kappa shape index (κ3) is 1.89. The molecular formula is C17H29NO2. The highest BCUT2D eigenvalue weighted by molar-refractivity contribution is 5.90. The number of hydrogen-bond acceptors (Lipinski definition) is 3. The Morgan fingerprint density at radius 1 is 1.30 bits per heavy atom. The highest BCUT2D eigenvalue weighted by atomic mass is 16.3. The third-order valence-corrected chi connectivity index (χ3v) is 6.86. The van der Waals surface area contributed by atoms with Crippen LogP contribution < -0.4 is 0 Å². The van der Waals surface area contributed by atoms with Crippen molar-refractivity contribution in [2.24, 2.45) is 22.7 Å². The Balaban J connectivity index is 1.73. The lowest BCUT2D eigenvalue weighted by Crippen LogP contribution is -2.52. The topological polar surface area (TPSA) is 40.5 Å². The van der Waals surface area contributed by atoms with Crippen LogP contribution in [-0.4, -0.2) is 41.5 Å². The zero-order chi connectivity index (χ0) is 14.5. The molecule has 3 heteroatoms. The van der Waals surface area contributed by atoms with E-state index >= 15 is 0 Å². The normalized spacial score (nSPS) is 39.4. The number of carbonyl (C=O) groups excluding carboxylic acids is 1. The van der Waals surface area contributed by atoms with Crippen LogP contribution in [0.2, 0.25) is 0 Å². The fourth-order valence-electron chi connectivity index (χ4n) is 5.14. The van der Waals surface area contributed by atoms with Crippen LogP contribution in [0.25, 0.3) is 0 Å². The van der Waals surface area contributed by atoms with Crippen molar-refractivity contribution < 1.29 is 9.90 Å². The van der Waals surface area contributed by atoms with Crippen LogP contribution in [0, 0.1) is 22.7 Å². The Labute approximate surface area is 122 Å². The first kappa shape index (κ1) is 14.5. The van der Waals surface area contributed by atoms with E-state index < -0.39 is 11.5 Å². The average molecular weight is 279 g/mol. The minimum absolute atomic E-state index is 0.0213. The highest BCUT2D eigenvalue weighted by Crippen LogP contribution is 2.65. The molecule has 1 aliphatic heterocycles. The summed E-state index contributed by atoms with van der Waals surface area (Å²) < 4.78 is 0. The summed E-state index contributed by atoms with van der Waals surface area (Å²) in [5, 5.41) is 10.9. The van der Waals surface area contributed by atoms with E-state index in [2.05, 4.69) is 25.7 Å². The monoisotopic (exact) mass is 279 g/mol. The van der Waals surface area contributed by atoms with Gasteiger partial charge in [-0.3, -0.25) is 4.79 Å². The van der Waals surface area contributed by atoms with Crippen molar-refractivity contribution in [3.8, 4) is 0 Å². The summed E-state index contributed by atoms with van der Waals surface area (Å²) >= 11 is 0. The number of β-amino-alcohol motifs (C(OH)–C–C–N with tert-alkyl or cyclic N) is 1. The number of carbonyl (C=O) groups is 1. The molecule has 20 heavy (non-hydrogen) atoms. The second-order valence-corrected chi connectivity index (χ2v) is 8.05. The number of Topliss-reactive ketones (excluding diaryl/α,β-unsaturated/α-hetero) is 1. The maximum atomic E-state index is 12.5. The molecule has 0 unspecified atom stereocenters. The molecule has 0 spiro atoms. The van der Waals surface area contributed by atoms with Crippen LogP contribution >= 0.6 is 0 Å². The van der Waals surface area contributed by atoms with Crippen LogP contribution in [0.15, 0.2) is 0 Å². The summed E-state index contributed by atoms with van der Waals surface area (Å²) in [4.78, 5) is 14.9. The van der Waals surface area contributed by atoms with Crippen LogP contribution in [0.1, 0.15) is 52.9 Å². The summed E-state index contributed by atoms with van der Waals surface area (Å²) in [7, 11) is 0. The fraction of sp³-hybridized carbons (Fsp3) is 0.941. The van der Waals surface area contributed by atoms with Crippen molar-refractivity contribution >= 4 is 5.78 Å². The summed E-state index contributed by atoms with van der Waals surface area (Å²) in [6.45, 7) is 9.55. The van der Waals surface area contributed by atoms with Crippen molar-refractivity contribution in [1.82, 2.24) is 4.90 Å². The summed E-state index contributed by atoms with van der Waals surface area (Å²) in [5.74, 6) is 1.63. The summed E-state index contributed by atoms with van der Waals surface area (Å²) in [5.41, 5.74) is -0.479. The van der Waals surface area contributed by atoms with E-state index in [4.69, 9.17) is 0 Å². The molecule has 3 rings (SSSR count). The largest absolute Gasteiger partial charge is 0.391 e. The van der Waals surface area contributed by atoms with E-state index in [0.717, 1.165) is 31.8 Å². The second-order valence-electron chi connectivity index (χ2n) is 8.05. The number of aliphatic hydroxyl groups is 1. The molecule has 3 fully saturated rings. The maximum absolute atomic E-state index is 12.5. The third-order valence-electron chi connectivity index (χ3n) is 6.86. The molecule has 2 saturated carbocycles. The van der Waals surface area contributed by atoms with Gasteiger partial charge in [0.25, 0.3) is 0 Å². The molecular weight excluding hydrogens is 250 g/mol. The van der Waals surface area contributed by atoms with E-state index in [1.54, 1.807) is 0 Å². The van der Waals surface area contributed by atoms with Gasteiger partial charge in [0.2, 0.25) is 0 Å². The molecule has 3 aliphatic rings. The standard InChI is InChI=1S/C17H29NO2/c1-12-5-8-18(9-6-12)11-15(20)17-7-4-13(10-14(17)19)16(17,2)3/h12-13,15,20H,4-11H2,1-3H3/t13-,15-,17+/m1/s1. The lowest BCUT2D eigenvalue weighted by atomic mass is 9.65. The van der Waals surface area contributed by atoms with Crippen molar-refractivity contribution in [2.45, 2.75) is 59.0 Å². The first-order valence-corrected chi connectivity index (χ1v) is 8.31. The van der Waals surface area contributed by atoms with Gasteiger partial charge in [-0.1, -0.05) is 20.8 Å². The fourth-order valence-corrected chi connectivity index (χ4v) is 5.14. The van der Waals surface area contributed by atoms with Gasteiger partial charge in [-0.25, -0.2) is 0 Å². The molecule has 3 nitrogen and oxygen atoms in total. The van der Waals surface area contributed by atoms with Gasteiger partial charge < -0.3 is 10.0 Å². The molecule has 3 atom stereocenters. The van der Waals surface area contributed by atoms with E-state index in [1.807, 2.05) is 0 Å². The van der Waals surface area contributed by atoms with Crippen LogP contribution in [0.5, 0.6) is 0 Å². The number of ketones is 1. The predicted octanol–water partition coefficient (Wildman–Crippen LogP) is 2.47. The number of likely N-dealkylation sites (tertiary alicyclic amines) is 1. The van der Waals surface area contributed by atoms with E-state index in [-0.39, 0.29) is 5.41 Å². The molecule has 114 valence electrons. The second kappa shape index (κ2) is 4.81. The molecule has 0 radical (unpaired) electrons. The van der Waals surface area contributed by atoms with Gasteiger partial charge in [-0.05, 0) is 56.0 Å². The molecule has 1 heterocycles. The lowest BCUT2D eigenvalue weighted by Gasteiger charge is -2.43. The number of nitrogens with zero attached hydrogens (tertiary/aromatic N) is 1. The maximum Gasteiger partial charge on any atom is 0.142 e. The predicted molar refractivity (Wildman–Crippen MR) is 79.4 cm³/mol. The van der Waals surface area contributed by atoms with E-state index in [0.29, 0.717) is 24.7 Å². The first-order valence-electron chi connectivity index (χ1n) is 8.31. The highest BCUT2D eigenvalue weighted by Gasteiger charge is 2.67. The molecule has 2 bridgehead atoms. The van der Waals surface area contributed by atoms with Gasteiger partial charge in [-0.2, -0.15) is 0 Å². The first-order chi connectivity index (χ1) is 9.38. The van der Waals surface area contributed by atoms with Crippen LogP contribution in [-0.2, 0) is 4.79 Å². The van der Waals surface area contributed by atoms with Crippen molar-refractivity contribution in [3.05, 3.63) is 0 Å². The Hall–Kier alpha value is -0.410. The smallest absolute Gasteiger partial charge is 0.142 e. The Morgan fingerprint density at radius 2 is 1.95 bits per heavy atom. The van der Waals surface area contributed by atoms with Crippen molar-refractivity contribution in [3.63, 3.8) is 0 Å². The molecule has 1 N–H and O–H groups in total. The number of aliphatic hydroxyl groups excluding tert-OH is 1. The van der Waals surface area contributed by atoms with Gasteiger partial charge in [0.05, 0.1) is 11.5 Å². The minimum atomic E-state index is -0.481. The van der Waals surface area contributed by atoms with Crippen molar-refractivity contribution in [1.29, 1.82) is 0 Å². The molecule has 1 saturated heterocycles. The van der Waals surface area contributed by atoms with Gasteiger partial charge in [0, 0.05) is 13.0 Å². The summed E-state index contributed by atoms with van der Waals surface area (Å²) in [6, 6.07) is 0. The number of piperidine rings is 1. The zero-order valence-electron chi connectivity index (χ0n) is 13.2. The molecule has 0 aromatic carbocycles.